The zero-order valence-corrected chi connectivity index (χ0v) is 16.6. The van der Waals surface area contributed by atoms with Crippen molar-refractivity contribution in [3.8, 4) is 0 Å². The lowest BCUT2D eigenvalue weighted by molar-refractivity contribution is -0.383. The lowest BCUT2D eigenvalue weighted by Crippen LogP contribution is -2.31. The first-order valence-corrected chi connectivity index (χ1v) is 9.74. The van der Waals surface area contributed by atoms with Crippen molar-refractivity contribution in [1.82, 2.24) is 9.97 Å². The Hall–Kier alpha value is -3.23. The highest BCUT2D eigenvalue weighted by Crippen LogP contribution is 2.34. The second kappa shape index (κ2) is 9.31. The molecule has 0 aliphatic carbocycles. The Morgan fingerprint density at radius 2 is 1.90 bits per heavy atom. The monoisotopic (exact) mass is 399 g/mol. The number of carbonyl (C=O) groups excluding carboxylic acids is 1. The number of benzene rings is 1. The van der Waals surface area contributed by atoms with Crippen LogP contribution in [-0.2, 0) is 4.74 Å². The van der Waals surface area contributed by atoms with E-state index < -0.39 is 10.9 Å². The predicted octanol–water partition coefficient (Wildman–Crippen LogP) is 3.93. The lowest BCUT2D eigenvalue weighted by Gasteiger charge is -2.27. The first-order chi connectivity index (χ1) is 14.0. The molecule has 0 saturated carbocycles. The number of aromatic nitrogens is 2. The maximum Gasteiger partial charge on any atom is 0.353 e. The first-order valence-electron chi connectivity index (χ1n) is 9.74. The van der Waals surface area contributed by atoms with E-state index in [9.17, 15) is 14.9 Å². The number of rotatable bonds is 7. The molecular weight excluding hydrogens is 374 g/mol. The molecule has 2 heterocycles. The van der Waals surface area contributed by atoms with Crippen LogP contribution in [-0.4, -0.2) is 40.6 Å². The summed E-state index contributed by atoms with van der Waals surface area (Å²) >= 11 is 0. The van der Waals surface area contributed by atoms with Crippen LogP contribution in [0.4, 0.5) is 23.0 Å². The van der Waals surface area contributed by atoms with Crippen LogP contribution in [0.15, 0.2) is 30.6 Å². The van der Waals surface area contributed by atoms with Crippen molar-refractivity contribution in [2.75, 3.05) is 29.9 Å². The van der Waals surface area contributed by atoms with Gasteiger partial charge in [-0.2, -0.15) is 0 Å². The van der Waals surface area contributed by atoms with Gasteiger partial charge < -0.3 is 15.0 Å². The van der Waals surface area contributed by atoms with E-state index in [-0.39, 0.29) is 17.4 Å². The highest BCUT2D eigenvalue weighted by Gasteiger charge is 2.28. The number of hydrogen-bond acceptors (Lipinski definition) is 8. The van der Waals surface area contributed by atoms with Crippen LogP contribution in [0, 0.1) is 16.0 Å². The summed E-state index contributed by atoms with van der Waals surface area (Å²) in [5.41, 5.74) is 0.856. The Balaban J connectivity index is 1.79. The summed E-state index contributed by atoms with van der Waals surface area (Å²) in [7, 11) is 0. The third-order valence-electron chi connectivity index (χ3n) is 4.57. The molecule has 29 heavy (non-hydrogen) atoms. The summed E-state index contributed by atoms with van der Waals surface area (Å²) in [6, 6.07) is 6.56. The molecule has 1 aliphatic rings. The minimum absolute atomic E-state index is 0.126. The van der Waals surface area contributed by atoms with Crippen molar-refractivity contribution < 1.29 is 14.5 Å². The molecule has 3 rings (SSSR count). The van der Waals surface area contributed by atoms with Crippen LogP contribution in [0.1, 0.15) is 43.5 Å². The highest BCUT2D eigenvalue weighted by molar-refractivity contribution is 5.90. The second-order valence-electron chi connectivity index (χ2n) is 7.39. The van der Waals surface area contributed by atoms with E-state index in [1.807, 2.05) is 18.7 Å². The fourth-order valence-electron chi connectivity index (χ4n) is 3.12. The number of esters is 1. The molecule has 9 heteroatoms. The number of carbonyl (C=O) groups is 1. The van der Waals surface area contributed by atoms with Gasteiger partial charge >= 0.3 is 11.7 Å². The SMILES string of the molecule is CC(C)COC(=O)c1ccc(Nc2ncnc(N3CCCCC3)c2[N+](=O)[O-])cc1. The summed E-state index contributed by atoms with van der Waals surface area (Å²) in [6.07, 6.45) is 4.42. The molecule has 1 aromatic heterocycles. The second-order valence-corrected chi connectivity index (χ2v) is 7.39. The van der Waals surface area contributed by atoms with E-state index in [1.54, 1.807) is 24.3 Å². The van der Waals surface area contributed by atoms with Crippen molar-refractivity contribution in [2.45, 2.75) is 33.1 Å². The minimum atomic E-state index is -0.454. The number of hydrogen-bond donors (Lipinski definition) is 1. The quantitative estimate of drug-likeness (QED) is 0.423. The minimum Gasteiger partial charge on any atom is -0.462 e. The molecule has 1 aliphatic heterocycles. The van der Waals surface area contributed by atoms with Gasteiger partial charge in [0.2, 0.25) is 11.6 Å². The van der Waals surface area contributed by atoms with Gasteiger partial charge in [0.25, 0.3) is 0 Å². The summed E-state index contributed by atoms with van der Waals surface area (Å²) in [6.45, 7) is 5.76. The van der Waals surface area contributed by atoms with E-state index in [2.05, 4.69) is 15.3 Å². The van der Waals surface area contributed by atoms with Crippen LogP contribution in [0.5, 0.6) is 0 Å². The largest absolute Gasteiger partial charge is 0.462 e. The van der Waals surface area contributed by atoms with Crippen molar-refractivity contribution in [2.24, 2.45) is 5.92 Å². The summed E-state index contributed by atoms with van der Waals surface area (Å²) in [5, 5.41) is 14.7. The molecular formula is C20H25N5O4. The molecule has 1 N–H and O–H groups in total. The van der Waals surface area contributed by atoms with Gasteiger partial charge in [-0.25, -0.2) is 14.8 Å². The van der Waals surface area contributed by atoms with E-state index >= 15 is 0 Å². The number of nitro groups is 1. The number of nitrogens with one attached hydrogen (secondary N) is 1. The number of anilines is 3. The fourth-order valence-corrected chi connectivity index (χ4v) is 3.12. The molecule has 0 atom stereocenters. The van der Waals surface area contributed by atoms with Crippen LogP contribution in [0.2, 0.25) is 0 Å². The first kappa shape index (κ1) is 20.5. The van der Waals surface area contributed by atoms with Crippen LogP contribution >= 0.6 is 0 Å². The molecule has 0 bridgehead atoms. The lowest BCUT2D eigenvalue weighted by atomic mass is 10.1. The van der Waals surface area contributed by atoms with Crippen molar-refractivity contribution in [1.29, 1.82) is 0 Å². The zero-order valence-electron chi connectivity index (χ0n) is 16.6. The Morgan fingerprint density at radius 3 is 2.52 bits per heavy atom. The molecule has 1 aromatic carbocycles. The number of nitrogens with zero attached hydrogens (tertiary/aromatic N) is 4. The number of ether oxygens (including phenoxy) is 1. The average Bonchev–Trinajstić information content (AvgIpc) is 2.73. The zero-order chi connectivity index (χ0) is 20.8. The standard InChI is InChI=1S/C20H25N5O4/c1-14(2)12-29-20(26)15-6-8-16(9-7-15)23-18-17(25(27)28)19(22-13-21-18)24-10-4-3-5-11-24/h6-9,13-14H,3-5,10-12H2,1-2H3,(H,21,22,23). The van der Waals surface area contributed by atoms with E-state index in [1.165, 1.54) is 6.33 Å². The molecule has 2 aromatic rings. The molecule has 1 saturated heterocycles. The molecule has 9 nitrogen and oxygen atoms in total. The van der Waals surface area contributed by atoms with Crippen LogP contribution in [0.3, 0.4) is 0 Å². The van der Waals surface area contributed by atoms with E-state index in [0.717, 1.165) is 32.4 Å². The molecule has 0 radical (unpaired) electrons. The van der Waals surface area contributed by atoms with Gasteiger partial charge in [-0.1, -0.05) is 13.8 Å². The van der Waals surface area contributed by atoms with Gasteiger partial charge in [0, 0.05) is 18.8 Å². The van der Waals surface area contributed by atoms with Crippen molar-refractivity contribution in [3.05, 3.63) is 46.3 Å². The van der Waals surface area contributed by atoms with Crippen molar-refractivity contribution in [3.63, 3.8) is 0 Å². The third-order valence-corrected chi connectivity index (χ3v) is 4.57. The molecule has 0 spiro atoms. The van der Waals surface area contributed by atoms with Gasteiger partial charge in [0.1, 0.15) is 6.33 Å². The van der Waals surface area contributed by atoms with Gasteiger partial charge in [0.05, 0.1) is 17.1 Å². The van der Waals surface area contributed by atoms with Gasteiger partial charge in [0.15, 0.2) is 0 Å². The average molecular weight is 399 g/mol. The topological polar surface area (TPSA) is 110 Å². The van der Waals surface area contributed by atoms with Gasteiger partial charge in [-0.05, 0) is 49.4 Å². The van der Waals surface area contributed by atoms with Gasteiger partial charge in [-0.15, -0.1) is 0 Å². The summed E-state index contributed by atoms with van der Waals surface area (Å²) < 4.78 is 5.21. The maximum absolute atomic E-state index is 12.0. The maximum atomic E-state index is 12.0. The summed E-state index contributed by atoms with van der Waals surface area (Å²) in [4.78, 5) is 33.5. The van der Waals surface area contributed by atoms with E-state index in [0.29, 0.717) is 23.7 Å². The Morgan fingerprint density at radius 1 is 1.21 bits per heavy atom. The Labute approximate surface area is 169 Å². The Kier molecular flexibility index (Phi) is 6.58. The summed E-state index contributed by atoms with van der Waals surface area (Å²) in [5.74, 6) is 0.319. The van der Waals surface area contributed by atoms with Crippen LogP contribution in [0.25, 0.3) is 0 Å². The van der Waals surface area contributed by atoms with E-state index in [4.69, 9.17) is 4.74 Å². The molecule has 0 amide bonds. The molecule has 0 unspecified atom stereocenters. The molecule has 154 valence electrons. The van der Waals surface area contributed by atoms with Gasteiger partial charge in [-0.3, -0.25) is 10.1 Å². The fraction of sp³-hybridized carbons (Fsp3) is 0.450. The van der Waals surface area contributed by atoms with Crippen LogP contribution < -0.4 is 10.2 Å². The Bertz CT molecular complexity index is 864. The number of piperidine rings is 1. The van der Waals surface area contributed by atoms with Crippen molar-refractivity contribution >= 4 is 29.0 Å². The normalized spacial score (nSPS) is 14.0. The smallest absolute Gasteiger partial charge is 0.353 e. The third kappa shape index (κ3) is 5.18. The highest BCUT2D eigenvalue weighted by atomic mass is 16.6. The predicted molar refractivity (Wildman–Crippen MR) is 110 cm³/mol. The molecule has 1 fully saturated rings.